The monoisotopic (exact) mass is 672 g/mol. The number of nitrogens with zero attached hydrogens (tertiary/aromatic N) is 1. The summed E-state index contributed by atoms with van der Waals surface area (Å²) in [7, 11) is 0. The van der Waals surface area contributed by atoms with Crippen LogP contribution >= 0.6 is 0 Å². The fourth-order valence-corrected chi connectivity index (χ4v) is 5.33. The lowest BCUT2D eigenvalue weighted by Crippen LogP contribution is -2.57. The van der Waals surface area contributed by atoms with Crippen LogP contribution in [0.5, 0.6) is 0 Å². The lowest BCUT2D eigenvalue weighted by molar-refractivity contribution is -0.149. The molecule has 0 aliphatic carbocycles. The Labute approximate surface area is 290 Å². The average Bonchev–Trinajstić information content (AvgIpc) is 3.15. The second-order valence-corrected chi connectivity index (χ2v) is 12.1. The summed E-state index contributed by atoms with van der Waals surface area (Å²) in [4.78, 5) is 53.7. The van der Waals surface area contributed by atoms with Gasteiger partial charge >= 0.3 is 5.97 Å². The van der Waals surface area contributed by atoms with E-state index in [1.165, 1.54) is 6.54 Å². The smallest absolute Gasteiger partial charge is 0.329 e. The van der Waals surface area contributed by atoms with Crippen LogP contribution in [-0.2, 0) is 48.1 Å². The third-order valence-corrected chi connectivity index (χ3v) is 8.60. The van der Waals surface area contributed by atoms with Crippen molar-refractivity contribution in [2.24, 2.45) is 5.92 Å². The van der Waals surface area contributed by atoms with Crippen LogP contribution in [0.3, 0.4) is 0 Å². The summed E-state index contributed by atoms with van der Waals surface area (Å²) in [5.74, 6) is -1.75. The molecule has 3 aromatic carbocycles. The summed E-state index contributed by atoms with van der Waals surface area (Å²) >= 11 is 0. The number of likely N-dealkylation sites (N-methyl/N-ethyl adjacent to an activating group) is 1. The molecule has 1 aliphatic rings. The van der Waals surface area contributed by atoms with Crippen molar-refractivity contribution < 1.29 is 28.7 Å². The Hall–Kier alpha value is -4.54. The number of carbonyl (C=O) groups is 4. The van der Waals surface area contributed by atoms with Crippen LogP contribution in [0.2, 0.25) is 0 Å². The van der Waals surface area contributed by atoms with E-state index < -0.39 is 35.9 Å². The van der Waals surface area contributed by atoms with E-state index in [1.807, 2.05) is 105 Å². The highest BCUT2D eigenvalue weighted by molar-refractivity contribution is 5.92. The van der Waals surface area contributed by atoms with Gasteiger partial charge in [-0.15, -0.1) is 0 Å². The molecular formula is C39H52N4O6. The van der Waals surface area contributed by atoms with Gasteiger partial charge in [0.2, 0.25) is 18.2 Å². The molecule has 1 heterocycles. The fourth-order valence-electron chi connectivity index (χ4n) is 5.33. The lowest BCUT2D eigenvalue weighted by Gasteiger charge is -2.28. The number of rotatable bonds is 17. The summed E-state index contributed by atoms with van der Waals surface area (Å²) < 4.78 is 10.7. The van der Waals surface area contributed by atoms with E-state index in [9.17, 15) is 19.2 Å². The number of esters is 1. The molecule has 0 saturated carbocycles. The molecule has 3 aromatic rings. The highest BCUT2D eigenvalue weighted by atomic mass is 16.5. The van der Waals surface area contributed by atoms with Gasteiger partial charge < -0.3 is 25.4 Å². The molecule has 2 unspecified atom stereocenters. The van der Waals surface area contributed by atoms with Crippen molar-refractivity contribution >= 4 is 24.2 Å². The molecule has 264 valence electrons. The van der Waals surface area contributed by atoms with E-state index in [1.54, 1.807) is 0 Å². The highest BCUT2D eigenvalue weighted by Crippen LogP contribution is 2.13. The maximum atomic E-state index is 13.6. The van der Waals surface area contributed by atoms with Crippen molar-refractivity contribution in [2.75, 3.05) is 32.8 Å². The van der Waals surface area contributed by atoms with Crippen LogP contribution in [0.25, 0.3) is 0 Å². The number of nitrogens with one attached hydrogen (secondary N) is 3. The van der Waals surface area contributed by atoms with Gasteiger partial charge in [0.15, 0.2) is 0 Å². The van der Waals surface area contributed by atoms with Crippen molar-refractivity contribution in [1.29, 1.82) is 0 Å². The minimum absolute atomic E-state index is 0.0762. The van der Waals surface area contributed by atoms with E-state index in [4.69, 9.17) is 9.47 Å². The molecule has 0 aromatic heterocycles. The Bertz CT molecular complexity index is 1390. The molecule has 1 aliphatic heterocycles. The number of hydrogen-bond acceptors (Lipinski definition) is 7. The Morgan fingerprint density at radius 2 is 1.37 bits per heavy atom. The van der Waals surface area contributed by atoms with Crippen molar-refractivity contribution in [2.45, 2.75) is 71.2 Å². The number of aryl methyl sites for hydroxylation is 1. The minimum atomic E-state index is -0.959. The number of morpholine rings is 1. The first-order valence-corrected chi connectivity index (χ1v) is 17.2. The Morgan fingerprint density at radius 1 is 0.796 bits per heavy atom. The van der Waals surface area contributed by atoms with E-state index in [0.29, 0.717) is 25.7 Å². The summed E-state index contributed by atoms with van der Waals surface area (Å²) in [6, 6.07) is 25.6. The van der Waals surface area contributed by atoms with Crippen molar-refractivity contribution in [1.82, 2.24) is 20.9 Å². The van der Waals surface area contributed by atoms with E-state index in [0.717, 1.165) is 43.0 Å². The van der Waals surface area contributed by atoms with Gasteiger partial charge in [-0.2, -0.15) is 0 Å². The maximum Gasteiger partial charge on any atom is 0.329 e. The second-order valence-electron chi connectivity index (χ2n) is 12.1. The Balaban J connectivity index is 0.000000710. The van der Waals surface area contributed by atoms with Crippen LogP contribution < -0.4 is 16.0 Å². The average molecular weight is 673 g/mol. The third kappa shape index (κ3) is 14.2. The summed E-state index contributed by atoms with van der Waals surface area (Å²) in [6.07, 6.45) is 2.27. The first-order chi connectivity index (χ1) is 23.8. The molecule has 0 bridgehead atoms. The molecule has 3 amide bonds. The molecule has 3 N–H and O–H groups in total. The molecule has 4 rings (SSSR count). The SMILES string of the molecule is CCC(C)C(NC(=O)[C@H](CCc1ccccc1)NC=O)C(=O)N[C@@H](Cc1ccccc1)C(=O)OCc1ccccc1.CCN1CCOCC1. The molecule has 49 heavy (non-hydrogen) atoms. The molecule has 0 radical (unpaired) electrons. The van der Waals surface area contributed by atoms with Crippen LogP contribution in [0, 0.1) is 5.92 Å². The zero-order chi connectivity index (χ0) is 35.3. The molecule has 1 fully saturated rings. The van der Waals surface area contributed by atoms with Crippen LogP contribution in [0.4, 0.5) is 0 Å². The normalized spacial score (nSPS) is 15.2. The minimum Gasteiger partial charge on any atom is -0.459 e. The van der Waals surface area contributed by atoms with Gasteiger partial charge in [-0.05, 0) is 42.0 Å². The molecule has 0 spiro atoms. The zero-order valence-corrected chi connectivity index (χ0v) is 29.0. The molecule has 10 heteroatoms. The third-order valence-electron chi connectivity index (χ3n) is 8.60. The molecule has 4 atom stereocenters. The van der Waals surface area contributed by atoms with E-state index >= 15 is 0 Å². The Kier molecular flexibility index (Phi) is 17.6. The summed E-state index contributed by atoms with van der Waals surface area (Å²) in [5.41, 5.74) is 2.72. The van der Waals surface area contributed by atoms with Crippen LogP contribution in [-0.4, -0.2) is 80.1 Å². The lowest BCUT2D eigenvalue weighted by atomic mass is 9.96. The van der Waals surface area contributed by atoms with Gasteiger partial charge in [0.05, 0.1) is 13.2 Å². The standard InChI is InChI=1S/C33H39N3O5.C6H13NO/c1-3-24(2)30(36-31(38)28(34-23-37)20-19-25-13-7-4-8-14-25)32(39)35-29(21-26-15-9-5-10-16-26)33(40)41-22-27-17-11-6-12-18-27;1-2-7-3-5-8-6-4-7/h4-18,23-24,28-30H,3,19-22H2,1-2H3,(H,34,37)(H,35,39)(H,36,38);2-6H2,1H3/t24?,28-,29-,30?;/m0./s1. The van der Waals surface area contributed by atoms with Gasteiger partial charge in [-0.1, -0.05) is 118 Å². The first kappa shape index (κ1) is 38.9. The molecule has 10 nitrogen and oxygen atoms in total. The predicted molar refractivity (Wildman–Crippen MR) is 190 cm³/mol. The number of benzene rings is 3. The van der Waals surface area contributed by atoms with Gasteiger partial charge in [0, 0.05) is 19.5 Å². The predicted octanol–water partition coefficient (Wildman–Crippen LogP) is 4.07. The molecular weight excluding hydrogens is 620 g/mol. The van der Waals surface area contributed by atoms with Crippen molar-refractivity contribution in [3.8, 4) is 0 Å². The van der Waals surface area contributed by atoms with Crippen LogP contribution in [0.15, 0.2) is 91.0 Å². The number of amides is 3. The van der Waals surface area contributed by atoms with Crippen LogP contribution in [0.1, 0.15) is 50.3 Å². The quantitative estimate of drug-likeness (QED) is 0.146. The second kappa shape index (κ2) is 22.2. The van der Waals surface area contributed by atoms with Gasteiger partial charge in [-0.3, -0.25) is 19.3 Å². The largest absolute Gasteiger partial charge is 0.459 e. The van der Waals surface area contributed by atoms with Gasteiger partial charge in [0.1, 0.15) is 24.7 Å². The fraction of sp³-hybridized carbons (Fsp3) is 0.436. The topological polar surface area (TPSA) is 126 Å². The van der Waals surface area contributed by atoms with Gasteiger partial charge in [0.25, 0.3) is 0 Å². The molecule has 1 saturated heterocycles. The van der Waals surface area contributed by atoms with Crippen molar-refractivity contribution in [3.05, 3.63) is 108 Å². The number of carbonyl (C=O) groups excluding carboxylic acids is 4. The highest BCUT2D eigenvalue weighted by Gasteiger charge is 2.32. The van der Waals surface area contributed by atoms with E-state index in [2.05, 4.69) is 27.8 Å². The van der Waals surface area contributed by atoms with Crippen molar-refractivity contribution in [3.63, 3.8) is 0 Å². The summed E-state index contributed by atoms with van der Waals surface area (Å²) in [6.45, 7) is 11.3. The number of hydrogen-bond donors (Lipinski definition) is 3. The Morgan fingerprint density at radius 3 is 1.90 bits per heavy atom. The van der Waals surface area contributed by atoms with E-state index in [-0.39, 0.29) is 18.9 Å². The van der Waals surface area contributed by atoms with Gasteiger partial charge in [-0.25, -0.2) is 4.79 Å². The maximum absolute atomic E-state index is 13.6. The summed E-state index contributed by atoms with van der Waals surface area (Å²) in [5, 5.41) is 8.24. The zero-order valence-electron chi connectivity index (χ0n) is 29.0. The first-order valence-electron chi connectivity index (χ1n) is 17.2. The number of ether oxygens (including phenoxy) is 2.